The molecule has 0 aromatic heterocycles. The summed E-state index contributed by atoms with van der Waals surface area (Å²) in [6.45, 7) is 3.37. The van der Waals surface area contributed by atoms with E-state index >= 15 is 0 Å². The number of aliphatic hydroxyl groups is 5. The molecule has 0 aromatic carbocycles. The molecule has 404 valence electrons. The number of esters is 2. The zero-order valence-corrected chi connectivity index (χ0v) is 44.3. The lowest BCUT2D eigenvalue weighted by Gasteiger charge is -2.41. The van der Waals surface area contributed by atoms with Gasteiger partial charge in [-0.1, -0.05) is 251 Å². The van der Waals surface area contributed by atoms with Crippen LogP contribution in [0.25, 0.3) is 0 Å². The first-order valence-corrected chi connectivity index (χ1v) is 29.8. The van der Waals surface area contributed by atoms with E-state index in [0.717, 1.165) is 38.5 Å². The number of phosphoric ester groups is 1. The highest BCUT2D eigenvalue weighted by Crippen LogP contribution is 2.47. The number of carbonyl (C=O) groups is 2. The van der Waals surface area contributed by atoms with Crippen molar-refractivity contribution in [1.29, 1.82) is 0 Å². The molecule has 1 aliphatic carbocycles. The number of unbranched alkanes of at least 4 members (excludes halogenated alkanes) is 37. The molecule has 0 radical (unpaired) electrons. The maximum absolute atomic E-state index is 12.9. The van der Waals surface area contributed by atoms with Crippen LogP contribution >= 0.6 is 7.82 Å². The molecule has 14 heteroatoms. The minimum absolute atomic E-state index is 0.106. The summed E-state index contributed by atoms with van der Waals surface area (Å²) in [5.74, 6) is -1.08. The van der Waals surface area contributed by atoms with Gasteiger partial charge in [0.05, 0.1) is 6.61 Å². The number of aliphatic hydroxyl groups excluding tert-OH is 5. The largest absolute Gasteiger partial charge is 0.472 e. The Labute approximate surface area is 414 Å². The van der Waals surface area contributed by atoms with Gasteiger partial charge in [0.1, 0.15) is 43.2 Å². The number of rotatable bonds is 49. The molecule has 6 unspecified atom stereocenters. The Hall–Kier alpha value is -1.15. The molecule has 0 saturated heterocycles. The minimum Gasteiger partial charge on any atom is -0.462 e. The molecule has 1 saturated carbocycles. The van der Waals surface area contributed by atoms with Gasteiger partial charge in [0.2, 0.25) is 0 Å². The van der Waals surface area contributed by atoms with E-state index in [-0.39, 0.29) is 12.8 Å². The van der Waals surface area contributed by atoms with Crippen molar-refractivity contribution < 1.29 is 63.1 Å². The normalized spacial score (nSPS) is 20.9. The first-order chi connectivity index (χ1) is 32.9. The first-order valence-electron chi connectivity index (χ1n) is 28.3. The van der Waals surface area contributed by atoms with Crippen molar-refractivity contribution in [2.24, 2.45) is 0 Å². The SMILES string of the molecule is CCCCCCCCCCCCCCCCCCCCCCCCC(=O)OC[C@@H](COP(=O)(O)OC1C(O)C(O)C(O)[C@H](O)C1O)OC(=O)CCCCCCCCCCCCCCCCCCC. The summed E-state index contributed by atoms with van der Waals surface area (Å²) >= 11 is 0. The smallest absolute Gasteiger partial charge is 0.462 e. The fraction of sp³-hybridized carbons (Fsp3) is 0.963. The average molecular weight is 993 g/mol. The highest BCUT2D eigenvalue weighted by molar-refractivity contribution is 7.47. The number of hydrogen-bond donors (Lipinski definition) is 6. The molecule has 1 rings (SSSR count). The van der Waals surface area contributed by atoms with Crippen molar-refractivity contribution in [2.45, 2.75) is 320 Å². The van der Waals surface area contributed by atoms with Crippen molar-refractivity contribution in [3.05, 3.63) is 0 Å². The van der Waals surface area contributed by atoms with Gasteiger partial charge in [0.25, 0.3) is 0 Å². The van der Waals surface area contributed by atoms with Crippen LogP contribution in [0.15, 0.2) is 0 Å². The molecule has 1 aliphatic rings. The van der Waals surface area contributed by atoms with Crippen LogP contribution in [0.1, 0.15) is 277 Å². The predicted octanol–water partition coefficient (Wildman–Crippen LogP) is 12.8. The van der Waals surface area contributed by atoms with Gasteiger partial charge in [-0.25, -0.2) is 4.57 Å². The number of ether oxygens (including phenoxy) is 2. The van der Waals surface area contributed by atoms with Crippen molar-refractivity contribution >= 4 is 19.8 Å². The third kappa shape index (κ3) is 35.9. The summed E-state index contributed by atoms with van der Waals surface area (Å²) in [6, 6.07) is 0. The lowest BCUT2D eigenvalue weighted by molar-refractivity contribution is -0.220. The van der Waals surface area contributed by atoms with Crippen LogP contribution in [0, 0.1) is 0 Å². The first kappa shape index (κ1) is 64.9. The Morgan fingerprint density at radius 1 is 0.397 bits per heavy atom. The van der Waals surface area contributed by atoms with Crippen molar-refractivity contribution in [1.82, 2.24) is 0 Å². The number of carbonyl (C=O) groups excluding carboxylic acids is 2. The number of hydrogen-bond acceptors (Lipinski definition) is 12. The second kappa shape index (κ2) is 44.5. The third-order valence-corrected chi connectivity index (χ3v) is 14.7. The van der Waals surface area contributed by atoms with Crippen LogP contribution in [-0.4, -0.2) is 98.3 Å². The Balaban J connectivity index is 2.31. The summed E-state index contributed by atoms with van der Waals surface area (Å²) in [4.78, 5) is 35.9. The molecule has 0 aromatic rings. The molecule has 8 atom stereocenters. The summed E-state index contributed by atoms with van der Waals surface area (Å²) < 4.78 is 33.7. The molecular formula is C54H105O13P. The van der Waals surface area contributed by atoms with Gasteiger partial charge < -0.3 is 39.9 Å². The Bertz CT molecular complexity index is 1190. The van der Waals surface area contributed by atoms with Gasteiger partial charge in [0, 0.05) is 12.8 Å². The second-order valence-corrected chi connectivity index (χ2v) is 21.6. The van der Waals surface area contributed by atoms with E-state index in [2.05, 4.69) is 13.8 Å². The maximum atomic E-state index is 12.9. The van der Waals surface area contributed by atoms with Gasteiger partial charge in [-0.3, -0.25) is 18.6 Å². The average Bonchev–Trinajstić information content (AvgIpc) is 3.32. The zero-order valence-electron chi connectivity index (χ0n) is 43.4. The predicted molar refractivity (Wildman–Crippen MR) is 272 cm³/mol. The van der Waals surface area contributed by atoms with Gasteiger partial charge in [-0.05, 0) is 12.8 Å². The van der Waals surface area contributed by atoms with E-state index in [4.69, 9.17) is 18.5 Å². The zero-order chi connectivity index (χ0) is 49.9. The van der Waals surface area contributed by atoms with Crippen LogP contribution in [0.5, 0.6) is 0 Å². The van der Waals surface area contributed by atoms with E-state index in [1.54, 1.807) is 0 Å². The highest BCUT2D eigenvalue weighted by Gasteiger charge is 2.51. The fourth-order valence-corrected chi connectivity index (χ4v) is 10.1. The van der Waals surface area contributed by atoms with E-state index in [9.17, 15) is 44.6 Å². The monoisotopic (exact) mass is 993 g/mol. The molecule has 68 heavy (non-hydrogen) atoms. The van der Waals surface area contributed by atoms with Crippen LogP contribution < -0.4 is 0 Å². The third-order valence-electron chi connectivity index (χ3n) is 13.7. The summed E-state index contributed by atoms with van der Waals surface area (Å²) in [5.41, 5.74) is 0. The quantitative estimate of drug-likeness (QED) is 0.0191. The molecule has 0 spiro atoms. The van der Waals surface area contributed by atoms with Crippen molar-refractivity contribution in [3.8, 4) is 0 Å². The van der Waals surface area contributed by atoms with Crippen LogP contribution in [0.4, 0.5) is 0 Å². The standard InChI is InChI=1S/C54H105O13P/c1-3-5-7-9-11-13-15-17-19-21-22-23-24-25-27-28-30-32-34-36-38-40-42-47(55)64-44-46(45-65-68(62,63)67-54-52(60)50(58)49(57)51(59)53(54)61)66-48(56)43-41-39-37-35-33-31-29-26-20-18-16-14-12-10-8-6-4-2/h46,49-54,57-61H,3-45H2,1-2H3,(H,62,63)/t46-,49?,50-,51?,52?,53?,54?/m0/s1. The van der Waals surface area contributed by atoms with Gasteiger partial charge in [0.15, 0.2) is 6.10 Å². The fourth-order valence-electron chi connectivity index (χ4n) is 9.17. The van der Waals surface area contributed by atoms with E-state index < -0.39 is 75.7 Å². The van der Waals surface area contributed by atoms with Crippen LogP contribution in [0.2, 0.25) is 0 Å². The molecule has 6 N–H and O–H groups in total. The summed E-state index contributed by atoms with van der Waals surface area (Å²) in [5, 5.41) is 50.3. The molecule has 0 aliphatic heterocycles. The minimum atomic E-state index is -5.12. The molecule has 0 heterocycles. The van der Waals surface area contributed by atoms with Crippen LogP contribution in [-0.2, 0) is 32.7 Å². The molecule has 13 nitrogen and oxygen atoms in total. The maximum Gasteiger partial charge on any atom is 0.472 e. The van der Waals surface area contributed by atoms with E-state index in [1.165, 1.54) is 199 Å². The Morgan fingerprint density at radius 3 is 0.971 bits per heavy atom. The van der Waals surface area contributed by atoms with E-state index in [1.807, 2.05) is 0 Å². The van der Waals surface area contributed by atoms with Crippen molar-refractivity contribution in [3.63, 3.8) is 0 Å². The molecule has 1 fully saturated rings. The number of phosphoric acid groups is 1. The van der Waals surface area contributed by atoms with Gasteiger partial charge in [-0.15, -0.1) is 0 Å². The topological polar surface area (TPSA) is 210 Å². The highest BCUT2D eigenvalue weighted by atomic mass is 31.2. The Kier molecular flexibility index (Phi) is 42.5. The molecule has 0 bridgehead atoms. The summed E-state index contributed by atoms with van der Waals surface area (Å²) in [6.07, 6.45) is 35.8. The molecular weight excluding hydrogens is 888 g/mol. The molecule has 0 amide bonds. The lowest BCUT2D eigenvalue weighted by Crippen LogP contribution is -2.64. The summed E-state index contributed by atoms with van der Waals surface area (Å²) in [7, 11) is -5.12. The van der Waals surface area contributed by atoms with E-state index in [0.29, 0.717) is 12.8 Å². The lowest BCUT2D eigenvalue weighted by atomic mass is 9.85. The van der Waals surface area contributed by atoms with Gasteiger partial charge >= 0.3 is 19.8 Å². The van der Waals surface area contributed by atoms with Crippen molar-refractivity contribution in [2.75, 3.05) is 13.2 Å². The Morgan fingerprint density at radius 2 is 0.662 bits per heavy atom. The van der Waals surface area contributed by atoms with Gasteiger partial charge in [-0.2, -0.15) is 0 Å². The second-order valence-electron chi connectivity index (χ2n) is 20.2. The van der Waals surface area contributed by atoms with Crippen LogP contribution in [0.3, 0.4) is 0 Å².